The molecule has 1 rings (SSSR count). The molecule has 0 aromatic heterocycles. The van der Waals surface area contributed by atoms with Crippen molar-refractivity contribution in [3.05, 3.63) is 34.9 Å². The first-order valence-electron chi connectivity index (χ1n) is 5.99. The number of hydrogen-bond donors (Lipinski definition) is 0. The van der Waals surface area contributed by atoms with E-state index in [1.54, 1.807) is 32.0 Å². The van der Waals surface area contributed by atoms with E-state index in [1.807, 2.05) is 6.92 Å². The molecule has 0 aliphatic heterocycles. The van der Waals surface area contributed by atoms with E-state index in [2.05, 4.69) is 0 Å². The number of carbonyl (C=O) groups excluding carboxylic acids is 2. The van der Waals surface area contributed by atoms with Gasteiger partial charge in [0.1, 0.15) is 0 Å². The third-order valence-electron chi connectivity index (χ3n) is 2.63. The Hall–Kier alpha value is -1.35. The minimum atomic E-state index is -0.567. The molecule has 0 bridgehead atoms. The maximum absolute atomic E-state index is 11.8. The number of benzene rings is 1. The van der Waals surface area contributed by atoms with Gasteiger partial charge in [-0.3, -0.25) is 4.79 Å². The van der Waals surface area contributed by atoms with E-state index in [9.17, 15) is 9.59 Å². The van der Waals surface area contributed by atoms with Gasteiger partial charge in [0.05, 0.1) is 17.5 Å². The number of halogens is 1. The molecule has 0 saturated heterocycles. The zero-order valence-corrected chi connectivity index (χ0v) is 11.6. The van der Waals surface area contributed by atoms with Gasteiger partial charge < -0.3 is 4.74 Å². The second kappa shape index (κ2) is 6.55. The molecule has 98 valence electrons. The van der Waals surface area contributed by atoms with Gasteiger partial charge in [0.2, 0.25) is 0 Å². The quantitative estimate of drug-likeness (QED) is 0.468. The number of carbonyl (C=O) groups is 2. The smallest absolute Gasteiger partial charge is 0.338 e. The van der Waals surface area contributed by atoms with Gasteiger partial charge in [0.15, 0.2) is 5.78 Å². The van der Waals surface area contributed by atoms with Gasteiger partial charge in [-0.25, -0.2) is 4.79 Å². The first kappa shape index (κ1) is 14.7. The van der Waals surface area contributed by atoms with Crippen molar-refractivity contribution in [2.75, 3.05) is 6.61 Å². The van der Waals surface area contributed by atoms with Crippen LogP contribution in [0.15, 0.2) is 18.2 Å². The Morgan fingerprint density at radius 1 is 1.33 bits per heavy atom. The summed E-state index contributed by atoms with van der Waals surface area (Å²) in [5.74, 6) is -0.492. The van der Waals surface area contributed by atoms with E-state index in [1.165, 1.54) is 0 Å². The van der Waals surface area contributed by atoms with Gasteiger partial charge in [-0.2, -0.15) is 0 Å². The summed E-state index contributed by atoms with van der Waals surface area (Å²) in [5.41, 5.74) is 1.84. The summed E-state index contributed by atoms with van der Waals surface area (Å²) >= 11 is 5.77. The van der Waals surface area contributed by atoms with E-state index in [0.29, 0.717) is 24.2 Å². The van der Waals surface area contributed by atoms with Crippen LogP contribution in [0.5, 0.6) is 0 Å². The number of rotatable bonds is 5. The van der Waals surface area contributed by atoms with Crippen LogP contribution < -0.4 is 0 Å². The molecular formula is C14H17ClO3. The van der Waals surface area contributed by atoms with Crippen LogP contribution in [0, 0.1) is 0 Å². The number of esters is 1. The van der Waals surface area contributed by atoms with E-state index >= 15 is 0 Å². The molecule has 3 nitrogen and oxygen atoms in total. The van der Waals surface area contributed by atoms with Crippen LogP contribution in [0.3, 0.4) is 0 Å². The van der Waals surface area contributed by atoms with Gasteiger partial charge in [-0.05, 0) is 38.0 Å². The average Bonchev–Trinajstić information content (AvgIpc) is 2.37. The molecule has 1 atom stereocenters. The van der Waals surface area contributed by atoms with E-state index in [4.69, 9.17) is 16.3 Å². The summed E-state index contributed by atoms with van der Waals surface area (Å²) in [6, 6.07) is 4.96. The van der Waals surface area contributed by atoms with Crippen molar-refractivity contribution >= 4 is 23.4 Å². The lowest BCUT2D eigenvalue weighted by atomic mass is 9.99. The second-order valence-electron chi connectivity index (χ2n) is 3.93. The Morgan fingerprint density at radius 2 is 2.00 bits per heavy atom. The molecule has 1 unspecified atom stereocenters. The highest BCUT2D eigenvalue weighted by Crippen LogP contribution is 2.17. The lowest BCUT2D eigenvalue weighted by Crippen LogP contribution is -2.13. The van der Waals surface area contributed by atoms with Crippen molar-refractivity contribution in [3.63, 3.8) is 0 Å². The Balaban J connectivity index is 3.11. The van der Waals surface area contributed by atoms with Crippen molar-refractivity contribution in [3.8, 4) is 0 Å². The molecule has 0 spiro atoms. The fraction of sp³-hybridized carbons (Fsp3) is 0.429. The monoisotopic (exact) mass is 268 g/mol. The van der Waals surface area contributed by atoms with Crippen LogP contribution in [0.1, 0.15) is 47.1 Å². The highest BCUT2D eigenvalue weighted by Gasteiger charge is 2.17. The van der Waals surface area contributed by atoms with Crippen LogP contribution in [0.4, 0.5) is 0 Å². The number of alkyl halides is 1. The molecule has 1 aromatic carbocycles. The molecular weight excluding hydrogens is 252 g/mol. The molecule has 0 radical (unpaired) electrons. The zero-order valence-electron chi connectivity index (χ0n) is 10.8. The molecule has 18 heavy (non-hydrogen) atoms. The van der Waals surface area contributed by atoms with Gasteiger partial charge in [-0.15, -0.1) is 11.6 Å². The Morgan fingerprint density at radius 3 is 2.50 bits per heavy atom. The molecule has 0 aliphatic carbocycles. The number of hydrogen-bond acceptors (Lipinski definition) is 3. The summed E-state index contributed by atoms with van der Waals surface area (Å²) in [5, 5.41) is -0.567. The summed E-state index contributed by atoms with van der Waals surface area (Å²) in [6.45, 7) is 5.66. The normalized spacial score (nSPS) is 12.0. The number of ketones is 1. The molecule has 4 heteroatoms. The Bertz CT molecular complexity index is 452. The topological polar surface area (TPSA) is 43.4 Å². The molecule has 0 aliphatic rings. The van der Waals surface area contributed by atoms with Gasteiger partial charge in [0, 0.05) is 5.56 Å². The fourth-order valence-corrected chi connectivity index (χ4v) is 1.80. The lowest BCUT2D eigenvalue weighted by molar-refractivity contribution is 0.0525. The van der Waals surface area contributed by atoms with E-state index in [0.717, 1.165) is 5.56 Å². The van der Waals surface area contributed by atoms with Crippen LogP contribution >= 0.6 is 11.6 Å². The predicted molar refractivity (Wildman–Crippen MR) is 71.4 cm³/mol. The SMILES string of the molecule is CCOC(=O)c1ccc(C(=O)C(C)Cl)cc1CC. The average molecular weight is 269 g/mol. The predicted octanol–water partition coefficient (Wildman–Crippen LogP) is 3.24. The van der Waals surface area contributed by atoms with Crippen molar-refractivity contribution in [2.24, 2.45) is 0 Å². The lowest BCUT2D eigenvalue weighted by Gasteiger charge is -2.10. The van der Waals surface area contributed by atoms with Crippen LogP contribution in [0.2, 0.25) is 0 Å². The van der Waals surface area contributed by atoms with Crippen molar-refractivity contribution in [2.45, 2.75) is 32.6 Å². The summed E-state index contributed by atoms with van der Waals surface area (Å²) in [7, 11) is 0. The van der Waals surface area contributed by atoms with Gasteiger partial charge in [0.25, 0.3) is 0 Å². The van der Waals surface area contributed by atoms with Crippen LogP contribution in [-0.4, -0.2) is 23.7 Å². The second-order valence-corrected chi connectivity index (χ2v) is 4.58. The molecule has 1 aromatic rings. The molecule has 0 heterocycles. The Labute approximate surface area is 112 Å². The molecule has 0 amide bonds. The highest BCUT2D eigenvalue weighted by molar-refractivity contribution is 6.33. The van der Waals surface area contributed by atoms with Crippen molar-refractivity contribution in [1.82, 2.24) is 0 Å². The van der Waals surface area contributed by atoms with Gasteiger partial charge in [-0.1, -0.05) is 13.0 Å². The standard InChI is InChI=1S/C14H17ClO3/c1-4-10-8-11(13(16)9(3)15)6-7-12(10)14(17)18-5-2/h6-9H,4-5H2,1-3H3. The fourth-order valence-electron chi connectivity index (χ4n) is 1.68. The summed E-state index contributed by atoms with van der Waals surface area (Å²) in [4.78, 5) is 23.5. The van der Waals surface area contributed by atoms with Crippen LogP contribution in [0.25, 0.3) is 0 Å². The van der Waals surface area contributed by atoms with E-state index in [-0.39, 0.29) is 11.8 Å². The maximum atomic E-state index is 11.8. The van der Waals surface area contributed by atoms with Crippen molar-refractivity contribution < 1.29 is 14.3 Å². The number of aryl methyl sites for hydroxylation is 1. The highest BCUT2D eigenvalue weighted by atomic mass is 35.5. The Kier molecular flexibility index (Phi) is 5.35. The van der Waals surface area contributed by atoms with Crippen molar-refractivity contribution in [1.29, 1.82) is 0 Å². The number of Topliss-reactive ketones (excluding diaryl/α,β-unsaturated/α-hetero) is 1. The largest absolute Gasteiger partial charge is 0.462 e. The summed E-state index contributed by atoms with van der Waals surface area (Å²) < 4.78 is 4.97. The third kappa shape index (κ3) is 3.33. The zero-order chi connectivity index (χ0) is 13.7. The minimum Gasteiger partial charge on any atom is -0.462 e. The summed E-state index contributed by atoms with van der Waals surface area (Å²) in [6.07, 6.45) is 0.659. The van der Waals surface area contributed by atoms with Gasteiger partial charge >= 0.3 is 5.97 Å². The maximum Gasteiger partial charge on any atom is 0.338 e. The molecule has 0 fully saturated rings. The van der Waals surface area contributed by atoms with Crippen LogP contribution in [-0.2, 0) is 11.2 Å². The first-order chi connectivity index (χ1) is 8.51. The molecule has 0 saturated carbocycles. The molecule has 0 N–H and O–H groups in total. The minimum absolute atomic E-state index is 0.137. The van der Waals surface area contributed by atoms with E-state index < -0.39 is 5.38 Å². The third-order valence-corrected chi connectivity index (χ3v) is 2.83. The number of ether oxygens (including phenoxy) is 1. The first-order valence-corrected chi connectivity index (χ1v) is 6.43.